The SMILES string of the molecule is CC1CCCCCN1c1cccnc1/C(N)=N/O. The molecule has 1 unspecified atom stereocenters. The third kappa shape index (κ3) is 2.55. The molecule has 0 radical (unpaired) electrons. The fourth-order valence-electron chi connectivity index (χ4n) is 2.51. The number of aromatic nitrogens is 1. The second-order valence-corrected chi connectivity index (χ2v) is 4.75. The Balaban J connectivity index is 2.36. The minimum atomic E-state index is 0.0713. The molecule has 5 heteroatoms. The molecule has 1 aliphatic heterocycles. The topological polar surface area (TPSA) is 74.7 Å². The normalized spacial score (nSPS) is 21.7. The second-order valence-electron chi connectivity index (χ2n) is 4.75. The summed E-state index contributed by atoms with van der Waals surface area (Å²) in [6, 6.07) is 4.34. The summed E-state index contributed by atoms with van der Waals surface area (Å²) in [4.78, 5) is 6.55. The lowest BCUT2D eigenvalue weighted by Gasteiger charge is -2.30. The highest BCUT2D eigenvalue weighted by Gasteiger charge is 2.21. The van der Waals surface area contributed by atoms with Crippen LogP contribution in [0.2, 0.25) is 0 Å². The molecule has 1 fully saturated rings. The molecule has 0 saturated carbocycles. The Morgan fingerprint density at radius 2 is 2.33 bits per heavy atom. The Morgan fingerprint density at radius 1 is 1.50 bits per heavy atom. The third-order valence-corrected chi connectivity index (χ3v) is 3.50. The van der Waals surface area contributed by atoms with E-state index < -0.39 is 0 Å². The smallest absolute Gasteiger partial charge is 0.190 e. The van der Waals surface area contributed by atoms with E-state index >= 15 is 0 Å². The summed E-state index contributed by atoms with van der Waals surface area (Å²) in [6.45, 7) is 3.22. The highest BCUT2D eigenvalue weighted by molar-refractivity contribution is 6.00. The van der Waals surface area contributed by atoms with Crippen LogP contribution in [0.4, 0.5) is 5.69 Å². The predicted octanol–water partition coefficient (Wildman–Crippen LogP) is 1.94. The second kappa shape index (κ2) is 5.71. The van der Waals surface area contributed by atoms with Crippen LogP contribution in [0.3, 0.4) is 0 Å². The minimum Gasteiger partial charge on any atom is -0.409 e. The van der Waals surface area contributed by atoms with Gasteiger partial charge in [-0.2, -0.15) is 0 Å². The van der Waals surface area contributed by atoms with Gasteiger partial charge in [-0.25, -0.2) is 0 Å². The average molecular weight is 248 g/mol. The number of amidine groups is 1. The molecule has 2 rings (SSSR count). The van der Waals surface area contributed by atoms with Crippen molar-refractivity contribution in [1.29, 1.82) is 0 Å². The van der Waals surface area contributed by atoms with Crippen molar-refractivity contribution in [2.75, 3.05) is 11.4 Å². The molecule has 98 valence electrons. The van der Waals surface area contributed by atoms with E-state index in [-0.39, 0.29) is 5.84 Å². The van der Waals surface area contributed by atoms with Crippen LogP contribution in [-0.4, -0.2) is 28.6 Å². The van der Waals surface area contributed by atoms with Crippen molar-refractivity contribution in [3.63, 3.8) is 0 Å². The van der Waals surface area contributed by atoms with Crippen molar-refractivity contribution in [3.05, 3.63) is 24.0 Å². The van der Waals surface area contributed by atoms with E-state index in [1.165, 1.54) is 25.7 Å². The van der Waals surface area contributed by atoms with E-state index in [0.717, 1.165) is 12.2 Å². The van der Waals surface area contributed by atoms with Gasteiger partial charge in [-0.05, 0) is 31.9 Å². The average Bonchev–Trinajstić information content (AvgIpc) is 2.62. The first-order chi connectivity index (χ1) is 8.74. The van der Waals surface area contributed by atoms with Gasteiger partial charge in [0.2, 0.25) is 0 Å². The number of pyridine rings is 1. The molecule has 0 aliphatic carbocycles. The first kappa shape index (κ1) is 12.7. The number of nitrogens with two attached hydrogens (primary N) is 1. The monoisotopic (exact) mass is 248 g/mol. The van der Waals surface area contributed by atoms with Gasteiger partial charge in [0, 0.05) is 18.8 Å². The molecule has 3 N–H and O–H groups in total. The van der Waals surface area contributed by atoms with Crippen molar-refractivity contribution in [1.82, 2.24) is 4.98 Å². The summed E-state index contributed by atoms with van der Waals surface area (Å²) in [6.07, 6.45) is 6.54. The number of rotatable bonds is 2. The fraction of sp³-hybridized carbons (Fsp3) is 0.538. The van der Waals surface area contributed by atoms with Gasteiger partial charge in [-0.1, -0.05) is 18.0 Å². The molecule has 0 amide bonds. The van der Waals surface area contributed by atoms with E-state index in [9.17, 15) is 0 Å². The quantitative estimate of drug-likeness (QED) is 0.363. The van der Waals surface area contributed by atoms with E-state index in [4.69, 9.17) is 10.9 Å². The van der Waals surface area contributed by atoms with Crippen LogP contribution in [0, 0.1) is 0 Å². The van der Waals surface area contributed by atoms with Gasteiger partial charge in [0.15, 0.2) is 5.84 Å². The minimum absolute atomic E-state index is 0.0713. The molecular weight excluding hydrogens is 228 g/mol. The van der Waals surface area contributed by atoms with Crippen molar-refractivity contribution >= 4 is 11.5 Å². The van der Waals surface area contributed by atoms with Crippen LogP contribution in [0.25, 0.3) is 0 Å². The number of hydrogen-bond acceptors (Lipinski definition) is 4. The fourth-order valence-corrected chi connectivity index (χ4v) is 2.51. The van der Waals surface area contributed by atoms with E-state index in [0.29, 0.717) is 11.7 Å². The van der Waals surface area contributed by atoms with Gasteiger partial charge < -0.3 is 15.8 Å². The Hall–Kier alpha value is -1.78. The van der Waals surface area contributed by atoms with Crippen molar-refractivity contribution in [3.8, 4) is 0 Å². The predicted molar refractivity (Wildman–Crippen MR) is 72.0 cm³/mol. The molecule has 18 heavy (non-hydrogen) atoms. The van der Waals surface area contributed by atoms with E-state index in [1.807, 2.05) is 12.1 Å². The van der Waals surface area contributed by atoms with Gasteiger partial charge in [0.05, 0.1) is 5.69 Å². The highest BCUT2D eigenvalue weighted by Crippen LogP contribution is 2.26. The molecule has 0 bridgehead atoms. The number of oxime groups is 1. The molecule has 2 heterocycles. The summed E-state index contributed by atoms with van der Waals surface area (Å²) in [7, 11) is 0. The maximum absolute atomic E-state index is 8.84. The van der Waals surface area contributed by atoms with Crippen LogP contribution >= 0.6 is 0 Å². The molecule has 1 aliphatic rings. The van der Waals surface area contributed by atoms with Gasteiger partial charge in [0.25, 0.3) is 0 Å². The highest BCUT2D eigenvalue weighted by atomic mass is 16.4. The first-order valence-electron chi connectivity index (χ1n) is 6.43. The molecule has 1 aromatic rings. The number of anilines is 1. The Kier molecular flexibility index (Phi) is 4.02. The van der Waals surface area contributed by atoms with Gasteiger partial charge in [-0.15, -0.1) is 0 Å². The summed E-state index contributed by atoms with van der Waals surface area (Å²) < 4.78 is 0. The van der Waals surface area contributed by atoms with Crippen LogP contribution < -0.4 is 10.6 Å². The largest absolute Gasteiger partial charge is 0.409 e. The molecule has 1 saturated heterocycles. The van der Waals surface area contributed by atoms with Gasteiger partial charge >= 0.3 is 0 Å². The van der Waals surface area contributed by atoms with Crippen molar-refractivity contribution in [2.24, 2.45) is 10.9 Å². The zero-order chi connectivity index (χ0) is 13.0. The van der Waals surface area contributed by atoms with Crippen molar-refractivity contribution in [2.45, 2.75) is 38.6 Å². The van der Waals surface area contributed by atoms with Crippen LogP contribution in [0.15, 0.2) is 23.5 Å². The molecule has 5 nitrogen and oxygen atoms in total. The van der Waals surface area contributed by atoms with Crippen LogP contribution in [0.1, 0.15) is 38.3 Å². The molecule has 1 aromatic heterocycles. The standard InChI is InChI=1S/C13H20N4O/c1-10-6-3-2-4-9-17(10)11-7-5-8-15-12(11)13(14)16-18/h5,7-8,10,18H,2-4,6,9H2,1H3,(H2,14,16). The molecule has 0 aromatic carbocycles. The molecular formula is C13H20N4O. The summed E-state index contributed by atoms with van der Waals surface area (Å²) in [5, 5.41) is 11.9. The zero-order valence-corrected chi connectivity index (χ0v) is 10.7. The summed E-state index contributed by atoms with van der Waals surface area (Å²) in [5.41, 5.74) is 7.22. The van der Waals surface area contributed by atoms with Crippen LogP contribution in [-0.2, 0) is 0 Å². The molecule has 1 atom stereocenters. The lowest BCUT2D eigenvalue weighted by Crippen LogP contribution is -2.34. The summed E-state index contributed by atoms with van der Waals surface area (Å²) >= 11 is 0. The van der Waals surface area contributed by atoms with E-state index in [1.54, 1.807) is 6.20 Å². The lowest BCUT2D eigenvalue weighted by molar-refractivity contribution is 0.318. The Bertz CT molecular complexity index is 433. The first-order valence-corrected chi connectivity index (χ1v) is 6.43. The Morgan fingerprint density at radius 3 is 3.11 bits per heavy atom. The van der Waals surface area contributed by atoms with E-state index in [2.05, 4.69) is 22.0 Å². The van der Waals surface area contributed by atoms with Crippen molar-refractivity contribution < 1.29 is 5.21 Å². The van der Waals surface area contributed by atoms with Gasteiger partial charge in [0.1, 0.15) is 5.69 Å². The zero-order valence-electron chi connectivity index (χ0n) is 10.7. The summed E-state index contributed by atoms with van der Waals surface area (Å²) in [5.74, 6) is 0.0713. The number of hydrogen-bond donors (Lipinski definition) is 2. The maximum atomic E-state index is 8.84. The maximum Gasteiger partial charge on any atom is 0.190 e. The third-order valence-electron chi connectivity index (χ3n) is 3.50. The van der Waals surface area contributed by atoms with Gasteiger partial charge in [-0.3, -0.25) is 4.98 Å². The molecule has 0 spiro atoms. The lowest BCUT2D eigenvalue weighted by atomic mass is 10.1. The Labute approximate surface area is 107 Å². The number of nitrogens with zero attached hydrogens (tertiary/aromatic N) is 3. The van der Waals surface area contributed by atoms with Crippen LogP contribution in [0.5, 0.6) is 0 Å².